The first kappa shape index (κ1) is 29.9. The quantitative estimate of drug-likeness (QED) is 0.196. The molecule has 0 unspecified atom stereocenters. The first-order chi connectivity index (χ1) is 21.9. The minimum atomic E-state index is -0.624. The van der Waals surface area contributed by atoms with Gasteiger partial charge < -0.3 is 14.5 Å². The molecule has 4 heteroatoms. The highest BCUT2D eigenvalue weighted by molar-refractivity contribution is 5.86. The van der Waals surface area contributed by atoms with Crippen molar-refractivity contribution in [3.63, 3.8) is 0 Å². The maximum Gasteiger partial charge on any atom is 0.129 e. The fraction of sp³-hybridized carbons (Fsp3) is 0.262. The molecule has 1 aliphatic carbocycles. The summed E-state index contributed by atoms with van der Waals surface area (Å²) in [6.07, 6.45) is 6.11. The molecule has 4 aromatic carbocycles. The molecule has 0 fully saturated rings. The van der Waals surface area contributed by atoms with Crippen LogP contribution in [0.3, 0.4) is 0 Å². The fourth-order valence-electron chi connectivity index (χ4n) is 6.93. The van der Waals surface area contributed by atoms with Crippen LogP contribution in [0.15, 0.2) is 122 Å². The van der Waals surface area contributed by atoms with Gasteiger partial charge in [-0.3, -0.25) is 4.98 Å². The second-order valence-electron chi connectivity index (χ2n) is 14.8. The summed E-state index contributed by atoms with van der Waals surface area (Å²) in [6.45, 7) is 14.5. The van der Waals surface area contributed by atoms with Gasteiger partial charge in [-0.25, -0.2) is 0 Å². The molecule has 0 saturated heterocycles. The van der Waals surface area contributed by atoms with Crippen molar-refractivity contribution in [2.24, 2.45) is 0 Å². The maximum atomic E-state index is 6.63. The van der Waals surface area contributed by atoms with E-state index >= 15 is 0 Å². The second-order valence-corrected chi connectivity index (χ2v) is 14.8. The smallest absolute Gasteiger partial charge is 0.129 e. The van der Waals surface area contributed by atoms with Crippen molar-refractivity contribution >= 4 is 5.69 Å². The zero-order chi connectivity index (χ0) is 32.3. The zero-order valence-electron chi connectivity index (χ0n) is 28.0. The Balaban J connectivity index is 1.44. The molecule has 1 aromatic heterocycles. The van der Waals surface area contributed by atoms with Crippen LogP contribution in [0.1, 0.15) is 75.1 Å². The van der Waals surface area contributed by atoms with Crippen molar-refractivity contribution in [2.45, 2.75) is 57.8 Å². The third kappa shape index (κ3) is 5.06. The fourth-order valence-corrected chi connectivity index (χ4v) is 6.93. The normalized spacial score (nSPS) is 15.2. The molecule has 46 heavy (non-hydrogen) atoms. The molecule has 2 heterocycles. The lowest BCUT2D eigenvalue weighted by atomic mass is 9.68. The number of pyridine rings is 1. The van der Waals surface area contributed by atoms with Crippen LogP contribution < -0.4 is 9.64 Å². The summed E-state index contributed by atoms with van der Waals surface area (Å²) in [6, 6.07) is 37.4. The van der Waals surface area contributed by atoms with Crippen LogP contribution in [0.2, 0.25) is 0 Å². The SMILES string of the molecule is CN1C=CN(c2cccc(Oc3cccc(C4(c5ccccn5)c5cc(C(C)(C)C)ccc5-c5ccc(C(C)(C)C)cc54)c3)c2)C1. The van der Waals surface area contributed by atoms with Crippen LogP contribution in [0.25, 0.3) is 11.1 Å². The average molecular weight is 606 g/mol. The van der Waals surface area contributed by atoms with Gasteiger partial charge in [0.1, 0.15) is 11.5 Å². The van der Waals surface area contributed by atoms with E-state index in [-0.39, 0.29) is 10.8 Å². The molecule has 0 atom stereocenters. The van der Waals surface area contributed by atoms with E-state index in [1.54, 1.807) is 0 Å². The Hall–Kier alpha value is -4.83. The maximum absolute atomic E-state index is 6.63. The molecule has 7 rings (SSSR count). The minimum absolute atomic E-state index is 0.00839. The van der Waals surface area contributed by atoms with E-state index in [4.69, 9.17) is 9.72 Å². The van der Waals surface area contributed by atoms with Gasteiger partial charge in [0.05, 0.1) is 17.8 Å². The van der Waals surface area contributed by atoms with Gasteiger partial charge >= 0.3 is 0 Å². The van der Waals surface area contributed by atoms with Crippen molar-refractivity contribution < 1.29 is 4.74 Å². The van der Waals surface area contributed by atoms with E-state index in [1.165, 1.54) is 33.4 Å². The van der Waals surface area contributed by atoms with Gasteiger partial charge in [-0.05, 0) is 86.2 Å². The third-order valence-electron chi connectivity index (χ3n) is 9.45. The molecule has 5 aromatic rings. The highest BCUT2D eigenvalue weighted by Gasteiger charge is 2.48. The van der Waals surface area contributed by atoms with Gasteiger partial charge in [-0.15, -0.1) is 0 Å². The molecule has 0 saturated carbocycles. The summed E-state index contributed by atoms with van der Waals surface area (Å²) < 4.78 is 6.63. The highest BCUT2D eigenvalue weighted by atomic mass is 16.5. The summed E-state index contributed by atoms with van der Waals surface area (Å²) in [5, 5.41) is 0. The first-order valence-electron chi connectivity index (χ1n) is 16.2. The van der Waals surface area contributed by atoms with E-state index < -0.39 is 5.41 Å². The standard InChI is InChI=1S/C42H43N3O/c1-40(2,3)29-17-19-35-36-20-18-30(41(4,5)6)26-38(36)42(37(35)25-29,39-16-8-9-21-43-39)31-12-10-14-33(24-31)46-34-15-11-13-32(27-34)45-23-22-44(7)28-45/h8-27H,28H2,1-7H3. The molecule has 4 nitrogen and oxygen atoms in total. The Labute approximate surface area is 274 Å². The predicted molar refractivity (Wildman–Crippen MR) is 190 cm³/mol. The van der Waals surface area contributed by atoms with E-state index in [2.05, 4.69) is 162 Å². The van der Waals surface area contributed by atoms with Crippen molar-refractivity contribution in [1.82, 2.24) is 9.88 Å². The molecule has 1 aliphatic heterocycles. The van der Waals surface area contributed by atoms with Gasteiger partial charge in [0, 0.05) is 37.4 Å². The Kier molecular flexibility index (Phi) is 7.08. The number of benzene rings is 4. The van der Waals surface area contributed by atoms with Crippen LogP contribution in [-0.2, 0) is 16.2 Å². The number of aromatic nitrogens is 1. The summed E-state index contributed by atoms with van der Waals surface area (Å²) in [4.78, 5) is 9.48. The highest BCUT2D eigenvalue weighted by Crippen LogP contribution is 2.57. The molecular weight excluding hydrogens is 562 g/mol. The predicted octanol–water partition coefficient (Wildman–Crippen LogP) is 10.0. The average Bonchev–Trinajstić information content (AvgIpc) is 3.60. The Bertz CT molecular complexity index is 1880. The van der Waals surface area contributed by atoms with Crippen LogP contribution >= 0.6 is 0 Å². The molecule has 0 spiro atoms. The molecule has 0 amide bonds. The van der Waals surface area contributed by atoms with Gasteiger partial charge in [0.15, 0.2) is 0 Å². The lowest BCUT2D eigenvalue weighted by Gasteiger charge is -2.34. The lowest BCUT2D eigenvalue weighted by molar-refractivity contribution is 0.479. The molecule has 232 valence electrons. The van der Waals surface area contributed by atoms with E-state index in [0.717, 1.165) is 35.1 Å². The van der Waals surface area contributed by atoms with Crippen molar-refractivity contribution in [3.8, 4) is 22.6 Å². The van der Waals surface area contributed by atoms with Crippen molar-refractivity contribution in [2.75, 3.05) is 18.6 Å². The van der Waals surface area contributed by atoms with Crippen LogP contribution in [0.5, 0.6) is 11.5 Å². The molecular formula is C42H43N3O. The Morgan fingerprint density at radius 3 is 1.85 bits per heavy atom. The Morgan fingerprint density at radius 2 is 1.28 bits per heavy atom. The monoisotopic (exact) mass is 605 g/mol. The summed E-state index contributed by atoms with van der Waals surface area (Å²) >= 11 is 0. The number of rotatable bonds is 5. The van der Waals surface area contributed by atoms with Crippen molar-refractivity contribution in [1.29, 1.82) is 0 Å². The molecule has 2 aliphatic rings. The number of hydrogen-bond donors (Lipinski definition) is 0. The van der Waals surface area contributed by atoms with E-state index in [1.807, 2.05) is 18.3 Å². The zero-order valence-corrected chi connectivity index (χ0v) is 28.0. The number of hydrogen-bond acceptors (Lipinski definition) is 4. The largest absolute Gasteiger partial charge is 0.457 e. The summed E-state index contributed by atoms with van der Waals surface area (Å²) in [7, 11) is 2.08. The number of ether oxygens (including phenoxy) is 1. The van der Waals surface area contributed by atoms with Crippen LogP contribution in [0, 0.1) is 0 Å². The summed E-state index contributed by atoms with van der Waals surface area (Å²) in [5.74, 6) is 1.61. The van der Waals surface area contributed by atoms with Gasteiger partial charge in [-0.2, -0.15) is 0 Å². The molecule has 0 N–H and O–H groups in total. The number of anilines is 1. The van der Waals surface area contributed by atoms with Crippen molar-refractivity contribution in [3.05, 3.63) is 155 Å². The first-order valence-corrected chi connectivity index (χ1v) is 16.2. The molecule has 0 radical (unpaired) electrons. The van der Waals surface area contributed by atoms with Gasteiger partial charge in [-0.1, -0.05) is 102 Å². The summed E-state index contributed by atoms with van der Waals surface area (Å²) in [5.41, 5.74) is 10.3. The minimum Gasteiger partial charge on any atom is -0.457 e. The van der Waals surface area contributed by atoms with Gasteiger partial charge in [0.25, 0.3) is 0 Å². The van der Waals surface area contributed by atoms with E-state index in [0.29, 0.717) is 0 Å². The number of fused-ring (bicyclic) bond motifs is 3. The van der Waals surface area contributed by atoms with E-state index in [9.17, 15) is 0 Å². The number of nitrogens with zero attached hydrogens (tertiary/aromatic N) is 3. The van der Waals surface area contributed by atoms with Crippen LogP contribution in [0.4, 0.5) is 5.69 Å². The Morgan fingerprint density at radius 1 is 0.652 bits per heavy atom. The van der Waals surface area contributed by atoms with Crippen LogP contribution in [-0.4, -0.2) is 23.6 Å². The lowest BCUT2D eigenvalue weighted by Crippen LogP contribution is -2.30. The third-order valence-corrected chi connectivity index (χ3v) is 9.45. The van der Waals surface area contributed by atoms with Gasteiger partial charge in [0.2, 0.25) is 0 Å². The molecule has 0 bridgehead atoms. The topological polar surface area (TPSA) is 28.6 Å². The second kappa shape index (κ2) is 10.9.